The van der Waals surface area contributed by atoms with Gasteiger partial charge in [-0.15, -0.1) is 0 Å². The zero-order chi connectivity index (χ0) is 19.1. The Labute approximate surface area is 161 Å². The molecule has 1 atom stereocenters. The largest absolute Gasteiger partial charge is 0.376 e. The molecule has 4 heterocycles. The first kappa shape index (κ1) is 17.2. The molecule has 3 aliphatic rings. The van der Waals surface area contributed by atoms with Crippen LogP contribution in [0.2, 0.25) is 0 Å². The first-order chi connectivity index (χ1) is 13.7. The van der Waals surface area contributed by atoms with Crippen molar-refractivity contribution in [3.63, 3.8) is 0 Å². The van der Waals surface area contributed by atoms with E-state index in [4.69, 9.17) is 9.72 Å². The van der Waals surface area contributed by atoms with E-state index in [0.717, 1.165) is 43.9 Å². The lowest BCUT2D eigenvalue weighted by atomic mass is 10.1. The summed E-state index contributed by atoms with van der Waals surface area (Å²) in [6, 6.07) is 2.41. The number of nitrogens with one attached hydrogen (secondary N) is 3. The quantitative estimate of drug-likeness (QED) is 0.511. The number of rotatable bonds is 6. The highest BCUT2D eigenvalue weighted by atomic mass is 16.5. The smallest absolute Gasteiger partial charge is 0.254 e. The maximum absolute atomic E-state index is 11.9. The molecule has 9 heteroatoms. The van der Waals surface area contributed by atoms with E-state index in [1.165, 1.54) is 0 Å². The van der Waals surface area contributed by atoms with Crippen molar-refractivity contribution in [1.29, 1.82) is 0 Å². The fourth-order valence-corrected chi connectivity index (χ4v) is 3.54. The van der Waals surface area contributed by atoms with E-state index in [1.54, 1.807) is 16.8 Å². The SMILES string of the molecule is O=C1CC(=Cc2cnn3c(NC4CC4)cc(NCC4CCCO4)nc23)C(=O)N1. The number of amides is 2. The highest BCUT2D eigenvalue weighted by molar-refractivity contribution is 6.15. The Morgan fingerprint density at radius 2 is 2.21 bits per heavy atom. The molecule has 2 amide bonds. The highest BCUT2D eigenvalue weighted by Gasteiger charge is 2.26. The van der Waals surface area contributed by atoms with Gasteiger partial charge >= 0.3 is 0 Å². The first-order valence-electron chi connectivity index (χ1n) is 9.71. The summed E-state index contributed by atoms with van der Waals surface area (Å²) in [4.78, 5) is 28.1. The maximum Gasteiger partial charge on any atom is 0.254 e. The summed E-state index contributed by atoms with van der Waals surface area (Å²) in [6.45, 7) is 1.52. The predicted octanol–water partition coefficient (Wildman–Crippen LogP) is 1.32. The molecular weight excluding hydrogens is 360 g/mol. The van der Waals surface area contributed by atoms with Crippen LogP contribution >= 0.6 is 0 Å². The zero-order valence-electron chi connectivity index (χ0n) is 15.4. The van der Waals surface area contributed by atoms with Gasteiger partial charge in [0.25, 0.3) is 5.91 Å². The topological polar surface area (TPSA) is 110 Å². The molecule has 0 spiro atoms. The van der Waals surface area contributed by atoms with Crippen molar-refractivity contribution in [3.8, 4) is 0 Å². The minimum Gasteiger partial charge on any atom is -0.376 e. The molecule has 2 aliphatic heterocycles. The molecule has 2 saturated heterocycles. The van der Waals surface area contributed by atoms with Crippen LogP contribution in [0.25, 0.3) is 11.7 Å². The molecular formula is C19H22N6O3. The number of nitrogens with zero attached hydrogens (tertiary/aromatic N) is 3. The van der Waals surface area contributed by atoms with Gasteiger partial charge in [0.15, 0.2) is 5.65 Å². The number of carbonyl (C=O) groups excluding carboxylic acids is 2. The second kappa shape index (κ2) is 6.90. The van der Waals surface area contributed by atoms with Gasteiger partial charge in [-0.3, -0.25) is 14.9 Å². The fourth-order valence-electron chi connectivity index (χ4n) is 3.54. The van der Waals surface area contributed by atoms with E-state index in [0.29, 0.717) is 29.4 Å². The molecule has 3 fully saturated rings. The van der Waals surface area contributed by atoms with Crippen molar-refractivity contribution < 1.29 is 14.3 Å². The van der Waals surface area contributed by atoms with Crippen molar-refractivity contribution in [2.45, 2.75) is 44.2 Å². The number of ether oxygens (including phenoxy) is 1. The van der Waals surface area contributed by atoms with Gasteiger partial charge in [0.1, 0.15) is 11.6 Å². The molecule has 0 radical (unpaired) electrons. The average Bonchev–Trinajstić information content (AvgIpc) is 3.05. The summed E-state index contributed by atoms with van der Waals surface area (Å²) in [7, 11) is 0. The summed E-state index contributed by atoms with van der Waals surface area (Å²) < 4.78 is 7.42. The van der Waals surface area contributed by atoms with Crippen LogP contribution in [0.3, 0.4) is 0 Å². The van der Waals surface area contributed by atoms with Crippen LogP contribution in [0, 0.1) is 0 Å². The molecule has 0 aromatic carbocycles. The molecule has 0 bridgehead atoms. The van der Waals surface area contributed by atoms with Gasteiger partial charge in [0, 0.05) is 36.4 Å². The van der Waals surface area contributed by atoms with E-state index in [-0.39, 0.29) is 24.3 Å². The summed E-state index contributed by atoms with van der Waals surface area (Å²) in [5.41, 5.74) is 1.77. The number of carbonyl (C=O) groups is 2. The van der Waals surface area contributed by atoms with Gasteiger partial charge in [-0.1, -0.05) is 0 Å². The van der Waals surface area contributed by atoms with Crippen LogP contribution < -0.4 is 16.0 Å². The fraction of sp³-hybridized carbons (Fsp3) is 0.474. The Bertz CT molecular complexity index is 971. The number of aromatic nitrogens is 3. The molecule has 5 rings (SSSR count). The Kier molecular flexibility index (Phi) is 4.23. The number of hydrogen-bond acceptors (Lipinski definition) is 7. The first-order valence-corrected chi connectivity index (χ1v) is 9.71. The third-order valence-corrected chi connectivity index (χ3v) is 5.19. The second-order valence-corrected chi connectivity index (χ2v) is 7.52. The number of anilines is 2. The Hall–Kier alpha value is -2.94. The molecule has 28 heavy (non-hydrogen) atoms. The summed E-state index contributed by atoms with van der Waals surface area (Å²) in [6.07, 6.45) is 8.08. The third-order valence-electron chi connectivity index (χ3n) is 5.19. The van der Waals surface area contributed by atoms with Gasteiger partial charge in [0.05, 0.1) is 18.7 Å². The van der Waals surface area contributed by atoms with E-state index >= 15 is 0 Å². The summed E-state index contributed by atoms with van der Waals surface area (Å²) in [5.74, 6) is 0.959. The molecule has 146 valence electrons. The van der Waals surface area contributed by atoms with Crippen molar-refractivity contribution in [1.82, 2.24) is 19.9 Å². The number of fused-ring (bicyclic) bond motifs is 1. The minimum atomic E-state index is -0.353. The normalized spacial score (nSPS) is 23.6. The maximum atomic E-state index is 11.9. The average molecular weight is 382 g/mol. The van der Waals surface area contributed by atoms with Gasteiger partial charge in [-0.2, -0.15) is 9.61 Å². The van der Waals surface area contributed by atoms with Gasteiger partial charge in [-0.25, -0.2) is 4.98 Å². The molecule has 3 N–H and O–H groups in total. The van der Waals surface area contributed by atoms with Gasteiger partial charge in [0.2, 0.25) is 5.91 Å². The van der Waals surface area contributed by atoms with Crippen molar-refractivity contribution >= 4 is 35.2 Å². The highest BCUT2D eigenvalue weighted by Crippen LogP contribution is 2.28. The van der Waals surface area contributed by atoms with Crippen LogP contribution in [-0.4, -0.2) is 51.7 Å². The van der Waals surface area contributed by atoms with Crippen LogP contribution in [0.4, 0.5) is 11.6 Å². The lowest BCUT2D eigenvalue weighted by Gasteiger charge is -2.14. The summed E-state index contributed by atoms with van der Waals surface area (Å²) >= 11 is 0. The van der Waals surface area contributed by atoms with Crippen LogP contribution in [-0.2, 0) is 14.3 Å². The third kappa shape index (κ3) is 3.45. The molecule has 9 nitrogen and oxygen atoms in total. The van der Waals surface area contributed by atoms with Gasteiger partial charge in [-0.05, 0) is 31.8 Å². The van der Waals surface area contributed by atoms with Crippen LogP contribution in [0.1, 0.15) is 37.7 Å². The van der Waals surface area contributed by atoms with E-state index in [1.807, 2.05) is 6.07 Å². The van der Waals surface area contributed by atoms with Crippen molar-refractivity contribution in [2.24, 2.45) is 0 Å². The monoisotopic (exact) mass is 382 g/mol. The van der Waals surface area contributed by atoms with E-state index < -0.39 is 0 Å². The summed E-state index contributed by atoms with van der Waals surface area (Å²) in [5, 5.41) is 13.6. The van der Waals surface area contributed by atoms with Crippen LogP contribution in [0.15, 0.2) is 17.8 Å². The molecule has 1 aliphatic carbocycles. The second-order valence-electron chi connectivity index (χ2n) is 7.52. The standard InChI is InChI=1S/C19H22N6O3/c26-17-7-11(19(27)24-17)6-12-9-21-25-16(22-13-3-4-13)8-15(23-18(12)25)20-10-14-2-1-5-28-14/h6,8-9,13-14,22H,1-5,7,10H2,(H,20,23)(H,24,26,27). The predicted molar refractivity (Wildman–Crippen MR) is 103 cm³/mol. The Morgan fingerprint density at radius 3 is 2.93 bits per heavy atom. The van der Waals surface area contributed by atoms with E-state index in [2.05, 4.69) is 21.0 Å². The lowest BCUT2D eigenvalue weighted by Crippen LogP contribution is -2.19. The van der Waals surface area contributed by atoms with Crippen molar-refractivity contribution in [3.05, 3.63) is 23.4 Å². The molecule has 1 unspecified atom stereocenters. The Balaban J connectivity index is 1.48. The molecule has 1 saturated carbocycles. The van der Waals surface area contributed by atoms with Crippen LogP contribution in [0.5, 0.6) is 0 Å². The Morgan fingerprint density at radius 1 is 1.32 bits per heavy atom. The lowest BCUT2D eigenvalue weighted by molar-refractivity contribution is -0.124. The van der Waals surface area contributed by atoms with Gasteiger partial charge < -0.3 is 15.4 Å². The molecule has 2 aromatic heterocycles. The van der Waals surface area contributed by atoms with Crippen molar-refractivity contribution in [2.75, 3.05) is 23.8 Å². The zero-order valence-corrected chi connectivity index (χ0v) is 15.4. The minimum absolute atomic E-state index is 0.0836. The van der Waals surface area contributed by atoms with E-state index in [9.17, 15) is 9.59 Å². The number of imide groups is 1. The molecule has 2 aromatic rings. The number of hydrogen-bond donors (Lipinski definition) is 3.